The SMILES string of the molecule is O=C(Nc1cnn(CCc2ccccc2)c1)c1cccc(COc2ccccc2Cl)c1. The van der Waals surface area contributed by atoms with E-state index in [1.54, 1.807) is 18.3 Å². The molecule has 156 valence electrons. The van der Waals surface area contributed by atoms with Crippen molar-refractivity contribution in [2.24, 2.45) is 0 Å². The standard InChI is InChI=1S/C25H22ClN3O2/c26-23-11-4-5-12-24(23)31-18-20-9-6-10-21(15-20)25(30)28-22-16-27-29(17-22)14-13-19-7-2-1-3-8-19/h1-12,15-17H,13-14,18H2,(H,28,30). The molecule has 1 N–H and O–H groups in total. The van der Waals surface area contributed by atoms with Gasteiger partial charge in [0, 0.05) is 18.3 Å². The highest BCUT2D eigenvalue weighted by Crippen LogP contribution is 2.24. The van der Waals surface area contributed by atoms with E-state index in [0.717, 1.165) is 18.5 Å². The van der Waals surface area contributed by atoms with E-state index in [0.29, 0.717) is 28.6 Å². The Bertz CT molecular complexity index is 1160. The molecule has 31 heavy (non-hydrogen) atoms. The van der Waals surface area contributed by atoms with Crippen LogP contribution in [0.25, 0.3) is 0 Å². The van der Waals surface area contributed by atoms with Gasteiger partial charge in [0.25, 0.3) is 5.91 Å². The predicted molar refractivity (Wildman–Crippen MR) is 123 cm³/mol. The van der Waals surface area contributed by atoms with Gasteiger partial charge in [-0.1, -0.05) is 66.2 Å². The number of rotatable bonds is 8. The van der Waals surface area contributed by atoms with Crippen LogP contribution in [0.15, 0.2) is 91.3 Å². The maximum atomic E-state index is 12.7. The van der Waals surface area contributed by atoms with Gasteiger partial charge in [-0.3, -0.25) is 9.48 Å². The van der Waals surface area contributed by atoms with Crippen molar-refractivity contribution in [1.29, 1.82) is 0 Å². The second kappa shape index (κ2) is 9.96. The summed E-state index contributed by atoms with van der Waals surface area (Å²) < 4.78 is 7.60. The maximum absolute atomic E-state index is 12.7. The van der Waals surface area contributed by atoms with E-state index in [1.807, 2.05) is 65.5 Å². The first kappa shape index (κ1) is 20.7. The summed E-state index contributed by atoms with van der Waals surface area (Å²) in [6, 6.07) is 24.9. The number of hydrogen-bond acceptors (Lipinski definition) is 3. The second-order valence-corrected chi connectivity index (χ2v) is 7.51. The maximum Gasteiger partial charge on any atom is 0.255 e. The molecule has 0 spiro atoms. The van der Waals surface area contributed by atoms with Crippen LogP contribution in [0.4, 0.5) is 5.69 Å². The Morgan fingerprint density at radius 1 is 0.968 bits per heavy atom. The molecule has 0 fully saturated rings. The zero-order chi connectivity index (χ0) is 21.5. The lowest BCUT2D eigenvalue weighted by Crippen LogP contribution is -2.12. The van der Waals surface area contributed by atoms with Crippen molar-refractivity contribution in [2.75, 3.05) is 5.32 Å². The third-order valence-electron chi connectivity index (χ3n) is 4.78. The molecule has 0 saturated carbocycles. The van der Waals surface area contributed by atoms with Crippen molar-refractivity contribution in [3.05, 3.63) is 113 Å². The molecule has 0 unspecified atom stereocenters. The summed E-state index contributed by atoms with van der Waals surface area (Å²) in [7, 11) is 0. The lowest BCUT2D eigenvalue weighted by molar-refractivity contribution is 0.102. The van der Waals surface area contributed by atoms with E-state index in [-0.39, 0.29) is 5.91 Å². The molecule has 0 aliphatic rings. The number of hydrogen-bond donors (Lipinski definition) is 1. The Hall–Kier alpha value is -3.57. The number of nitrogens with zero attached hydrogens (tertiary/aromatic N) is 2. The van der Waals surface area contributed by atoms with Gasteiger partial charge in [0.15, 0.2) is 0 Å². The quantitative estimate of drug-likeness (QED) is 0.394. The molecule has 4 aromatic rings. The van der Waals surface area contributed by atoms with Crippen LogP contribution in [0.5, 0.6) is 5.75 Å². The van der Waals surface area contributed by atoms with Crippen LogP contribution in [-0.2, 0) is 19.6 Å². The Balaban J connectivity index is 1.34. The van der Waals surface area contributed by atoms with Gasteiger partial charge in [0.05, 0.1) is 16.9 Å². The lowest BCUT2D eigenvalue weighted by atomic mass is 10.1. The average Bonchev–Trinajstić information content (AvgIpc) is 3.25. The van der Waals surface area contributed by atoms with Crippen molar-refractivity contribution < 1.29 is 9.53 Å². The average molecular weight is 432 g/mol. The van der Waals surface area contributed by atoms with E-state index < -0.39 is 0 Å². The number of benzene rings is 3. The molecular formula is C25H22ClN3O2. The fourth-order valence-electron chi connectivity index (χ4n) is 3.17. The molecule has 0 aliphatic carbocycles. The van der Waals surface area contributed by atoms with E-state index >= 15 is 0 Å². The second-order valence-electron chi connectivity index (χ2n) is 7.10. The number of aryl methyl sites for hydroxylation is 2. The molecular weight excluding hydrogens is 410 g/mol. The van der Waals surface area contributed by atoms with Crippen LogP contribution in [-0.4, -0.2) is 15.7 Å². The molecule has 0 saturated heterocycles. The van der Waals surface area contributed by atoms with Gasteiger partial charge in [0.1, 0.15) is 12.4 Å². The monoisotopic (exact) mass is 431 g/mol. The molecule has 4 rings (SSSR count). The summed E-state index contributed by atoms with van der Waals surface area (Å²) in [5.41, 5.74) is 3.35. The summed E-state index contributed by atoms with van der Waals surface area (Å²) in [5, 5.41) is 7.80. The van der Waals surface area contributed by atoms with Crippen LogP contribution < -0.4 is 10.1 Å². The highest BCUT2D eigenvalue weighted by Gasteiger charge is 2.09. The number of ether oxygens (including phenoxy) is 1. The van der Waals surface area contributed by atoms with Crippen molar-refractivity contribution in [3.8, 4) is 5.75 Å². The molecule has 0 bridgehead atoms. The van der Waals surface area contributed by atoms with Crippen molar-refractivity contribution in [1.82, 2.24) is 9.78 Å². The first-order valence-electron chi connectivity index (χ1n) is 10.0. The van der Waals surface area contributed by atoms with Crippen LogP contribution in [0.2, 0.25) is 5.02 Å². The van der Waals surface area contributed by atoms with Gasteiger partial charge in [-0.2, -0.15) is 5.10 Å². The highest BCUT2D eigenvalue weighted by atomic mass is 35.5. The van der Waals surface area contributed by atoms with Crippen LogP contribution in [0.1, 0.15) is 21.5 Å². The lowest BCUT2D eigenvalue weighted by Gasteiger charge is -2.09. The molecule has 1 amide bonds. The van der Waals surface area contributed by atoms with E-state index in [4.69, 9.17) is 16.3 Å². The fraction of sp³-hybridized carbons (Fsp3) is 0.120. The normalized spacial score (nSPS) is 10.6. The smallest absolute Gasteiger partial charge is 0.255 e. The number of para-hydroxylation sites is 1. The Morgan fingerprint density at radius 3 is 2.58 bits per heavy atom. The fourth-order valence-corrected chi connectivity index (χ4v) is 3.36. The molecule has 0 atom stereocenters. The summed E-state index contributed by atoms with van der Waals surface area (Å²) in [6.45, 7) is 1.07. The van der Waals surface area contributed by atoms with Crippen molar-refractivity contribution in [2.45, 2.75) is 19.6 Å². The minimum Gasteiger partial charge on any atom is -0.487 e. The zero-order valence-corrected chi connectivity index (χ0v) is 17.6. The number of amides is 1. The van der Waals surface area contributed by atoms with Gasteiger partial charge in [-0.25, -0.2) is 0 Å². The molecule has 3 aromatic carbocycles. The number of halogens is 1. The predicted octanol–water partition coefficient (Wildman–Crippen LogP) is 5.61. The number of anilines is 1. The number of nitrogens with one attached hydrogen (secondary N) is 1. The first-order chi connectivity index (χ1) is 15.2. The minimum absolute atomic E-state index is 0.192. The van der Waals surface area contributed by atoms with Crippen LogP contribution in [0.3, 0.4) is 0 Å². The Morgan fingerprint density at radius 2 is 1.74 bits per heavy atom. The third-order valence-corrected chi connectivity index (χ3v) is 5.10. The van der Waals surface area contributed by atoms with E-state index in [9.17, 15) is 4.79 Å². The van der Waals surface area contributed by atoms with Gasteiger partial charge in [0.2, 0.25) is 0 Å². The molecule has 1 heterocycles. The molecule has 6 heteroatoms. The minimum atomic E-state index is -0.192. The number of carbonyl (C=O) groups excluding carboxylic acids is 1. The van der Waals surface area contributed by atoms with E-state index in [1.165, 1.54) is 5.56 Å². The Labute approximate surface area is 186 Å². The number of aromatic nitrogens is 2. The molecule has 5 nitrogen and oxygen atoms in total. The highest BCUT2D eigenvalue weighted by molar-refractivity contribution is 6.32. The molecule has 0 aliphatic heterocycles. The molecule has 0 radical (unpaired) electrons. The largest absolute Gasteiger partial charge is 0.487 e. The van der Waals surface area contributed by atoms with Gasteiger partial charge in [-0.15, -0.1) is 0 Å². The van der Waals surface area contributed by atoms with Crippen molar-refractivity contribution in [3.63, 3.8) is 0 Å². The third kappa shape index (κ3) is 5.74. The van der Waals surface area contributed by atoms with E-state index in [2.05, 4.69) is 22.5 Å². The first-order valence-corrected chi connectivity index (χ1v) is 10.4. The summed E-state index contributed by atoms with van der Waals surface area (Å²) in [6.07, 6.45) is 4.38. The molecule has 1 aromatic heterocycles. The topological polar surface area (TPSA) is 56.2 Å². The van der Waals surface area contributed by atoms with Gasteiger partial charge in [-0.05, 0) is 41.8 Å². The van der Waals surface area contributed by atoms with Crippen LogP contribution in [0, 0.1) is 0 Å². The van der Waals surface area contributed by atoms with Gasteiger partial charge < -0.3 is 10.1 Å². The van der Waals surface area contributed by atoms with Crippen molar-refractivity contribution >= 4 is 23.2 Å². The number of carbonyl (C=O) groups is 1. The summed E-state index contributed by atoms with van der Waals surface area (Å²) in [5.74, 6) is 0.421. The summed E-state index contributed by atoms with van der Waals surface area (Å²) >= 11 is 6.12. The van der Waals surface area contributed by atoms with Crippen LogP contribution >= 0.6 is 11.6 Å². The Kier molecular flexibility index (Phi) is 6.65. The zero-order valence-electron chi connectivity index (χ0n) is 16.9. The van der Waals surface area contributed by atoms with Gasteiger partial charge >= 0.3 is 0 Å². The summed E-state index contributed by atoms with van der Waals surface area (Å²) in [4.78, 5) is 12.7.